The van der Waals surface area contributed by atoms with Gasteiger partial charge in [0.25, 0.3) is 5.91 Å². The number of carbonyl (C=O) groups excluding carboxylic acids is 1. The third-order valence-electron chi connectivity index (χ3n) is 4.55. The normalized spacial score (nSPS) is 17.5. The topological polar surface area (TPSA) is 90.3 Å². The smallest absolute Gasteiger partial charge is 0.376 e. The molecule has 0 aliphatic carbocycles. The SMILES string of the molecule is Cc1nn(CC2CCCO2)c(C(=O)Nc2cccc(S(C)(=O)=O)c2)c1C(F)(F)F. The number of nitrogens with zero attached hydrogens (tertiary/aromatic N) is 2. The quantitative estimate of drug-likeness (QED) is 0.786. The molecule has 1 aliphatic heterocycles. The molecule has 0 bridgehead atoms. The average Bonchev–Trinajstić information content (AvgIpc) is 3.21. The summed E-state index contributed by atoms with van der Waals surface area (Å²) in [7, 11) is -3.54. The second-order valence-corrected chi connectivity index (χ2v) is 8.89. The summed E-state index contributed by atoms with van der Waals surface area (Å²) in [5.41, 5.74) is -2.00. The molecule has 1 atom stereocenters. The molecule has 1 unspecified atom stereocenters. The van der Waals surface area contributed by atoms with Crippen molar-refractivity contribution in [2.45, 2.75) is 43.5 Å². The Hall–Kier alpha value is -2.40. The van der Waals surface area contributed by atoms with Gasteiger partial charge < -0.3 is 10.1 Å². The van der Waals surface area contributed by atoms with Gasteiger partial charge >= 0.3 is 6.18 Å². The number of carbonyl (C=O) groups is 1. The zero-order valence-electron chi connectivity index (χ0n) is 15.8. The summed E-state index contributed by atoms with van der Waals surface area (Å²) in [6.07, 6.45) is -2.65. The Balaban J connectivity index is 1.98. The van der Waals surface area contributed by atoms with E-state index < -0.39 is 33.2 Å². The first-order valence-electron chi connectivity index (χ1n) is 8.84. The number of sulfone groups is 1. The molecule has 1 aromatic carbocycles. The van der Waals surface area contributed by atoms with Crippen LogP contribution in [0.5, 0.6) is 0 Å². The van der Waals surface area contributed by atoms with Gasteiger partial charge in [0.2, 0.25) is 0 Å². The summed E-state index contributed by atoms with van der Waals surface area (Å²) in [6, 6.07) is 5.31. The summed E-state index contributed by atoms with van der Waals surface area (Å²) in [6.45, 7) is 1.72. The molecule has 11 heteroatoms. The summed E-state index contributed by atoms with van der Waals surface area (Å²) in [5, 5.41) is 6.28. The molecule has 7 nitrogen and oxygen atoms in total. The number of halogens is 3. The minimum absolute atomic E-state index is 0.0169. The standard InChI is InChI=1S/C18H20F3N3O4S/c1-11-15(18(19,20)21)16(24(23-11)10-13-6-4-8-28-13)17(25)22-12-5-3-7-14(9-12)29(2,26)27/h3,5,7,9,13H,4,6,8,10H2,1-2H3,(H,22,25). The molecule has 1 N–H and O–H groups in total. The van der Waals surface area contributed by atoms with E-state index in [0.29, 0.717) is 13.0 Å². The van der Waals surface area contributed by atoms with E-state index in [1.165, 1.54) is 31.2 Å². The number of benzene rings is 1. The number of rotatable bonds is 5. The van der Waals surface area contributed by atoms with Crippen molar-refractivity contribution in [1.82, 2.24) is 9.78 Å². The lowest BCUT2D eigenvalue weighted by Crippen LogP contribution is -2.25. The van der Waals surface area contributed by atoms with E-state index in [2.05, 4.69) is 10.4 Å². The Kier molecular flexibility index (Phi) is 5.72. The molecule has 29 heavy (non-hydrogen) atoms. The molecule has 1 aromatic heterocycles. The van der Waals surface area contributed by atoms with Crippen LogP contribution in [0.4, 0.5) is 18.9 Å². The first-order chi connectivity index (χ1) is 13.5. The zero-order chi connectivity index (χ0) is 21.4. The van der Waals surface area contributed by atoms with Crippen LogP contribution in [0.15, 0.2) is 29.2 Å². The lowest BCUT2D eigenvalue weighted by molar-refractivity contribution is -0.138. The Labute approximate surface area is 165 Å². The number of hydrogen-bond acceptors (Lipinski definition) is 5. The largest absolute Gasteiger partial charge is 0.420 e. The van der Waals surface area contributed by atoms with Crippen molar-refractivity contribution < 1.29 is 31.1 Å². The Morgan fingerprint density at radius 3 is 2.69 bits per heavy atom. The van der Waals surface area contributed by atoms with E-state index in [1.54, 1.807) is 0 Å². The Morgan fingerprint density at radius 2 is 2.10 bits per heavy atom. The number of aryl methyl sites for hydroxylation is 1. The first-order valence-corrected chi connectivity index (χ1v) is 10.7. The van der Waals surface area contributed by atoms with Crippen LogP contribution >= 0.6 is 0 Å². The van der Waals surface area contributed by atoms with E-state index in [9.17, 15) is 26.4 Å². The Bertz CT molecular complexity index is 1030. The van der Waals surface area contributed by atoms with E-state index in [0.717, 1.165) is 17.4 Å². The zero-order valence-corrected chi connectivity index (χ0v) is 16.6. The predicted molar refractivity (Wildman–Crippen MR) is 98.4 cm³/mol. The van der Waals surface area contributed by atoms with Crippen LogP contribution in [0.3, 0.4) is 0 Å². The van der Waals surface area contributed by atoms with E-state index >= 15 is 0 Å². The van der Waals surface area contributed by atoms with Crippen LogP contribution in [0, 0.1) is 6.92 Å². The number of aromatic nitrogens is 2. The highest BCUT2D eigenvalue weighted by Crippen LogP contribution is 2.35. The van der Waals surface area contributed by atoms with Gasteiger partial charge in [0.05, 0.1) is 23.2 Å². The second-order valence-electron chi connectivity index (χ2n) is 6.88. The molecule has 0 radical (unpaired) electrons. The molecular weight excluding hydrogens is 411 g/mol. The van der Waals surface area contributed by atoms with E-state index in [1.807, 2.05) is 0 Å². The van der Waals surface area contributed by atoms with Crippen LogP contribution in [0.1, 0.15) is 34.6 Å². The maximum Gasteiger partial charge on any atom is 0.420 e. The van der Waals surface area contributed by atoms with Crippen LogP contribution < -0.4 is 5.32 Å². The van der Waals surface area contributed by atoms with Crippen molar-refractivity contribution >= 4 is 21.4 Å². The van der Waals surface area contributed by atoms with Crippen molar-refractivity contribution in [3.63, 3.8) is 0 Å². The van der Waals surface area contributed by atoms with Crippen molar-refractivity contribution in [2.24, 2.45) is 0 Å². The van der Waals surface area contributed by atoms with Crippen molar-refractivity contribution in [3.05, 3.63) is 41.2 Å². The van der Waals surface area contributed by atoms with Crippen LogP contribution in [0.2, 0.25) is 0 Å². The number of amides is 1. The molecule has 1 saturated heterocycles. The monoisotopic (exact) mass is 431 g/mol. The van der Waals surface area contributed by atoms with Crippen LogP contribution in [-0.2, 0) is 27.3 Å². The lowest BCUT2D eigenvalue weighted by Gasteiger charge is -2.15. The molecule has 1 fully saturated rings. The van der Waals surface area contributed by atoms with Gasteiger partial charge in [-0.25, -0.2) is 8.42 Å². The molecule has 0 saturated carbocycles. The van der Waals surface area contributed by atoms with Gasteiger partial charge in [-0.05, 0) is 38.0 Å². The van der Waals surface area contributed by atoms with E-state index in [-0.39, 0.29) is 28.9 Å². The third kappa shape index (κ3) is 4.78. The highest BCUT2D eigenvalue weighted by atomic mass is 32.2. The second kappa shape index (κ2) is 7.79. The maximum atomic E-state index is 13.6. The van der Waals surface area contributed by atoms with Gasteiger partial charge in [0, 0.05) is 18.6 Å². The van der Waals surface area contributed by atoms with Gasteiger partial charge in [0.15, 0.2) is 9.84 Å². The lowest BCUT2D eigenvalue weighted by atomic mass is 10.1. The molecule has 3 rings (SSSR count). The number of hydrogen-bond donors (Lipinski definition) is 1. The van der Waals surface area contributed by atoms with Gasteiger partial charge in [-0.1, -0.05) is 6.07 Å². The number of anilines is 1. The maximum absolute atomic E-state index is 13.6. The molecule has 2 heterocycles. The summed E-state index contributed by atoms with van der Waals surface area (Å²) in [5.74, 6) is -1.03. The minimum atomic E-state index is -4.78. The van der Waals surface area contributed by atoms with E-state index in [4.69, 9.17) is 4.74 Å². The highest BCUT2D eigenvalue weighted by molar-refractivity contribution is 7.90. The third-order valence-corrected chi connectivity index (χ3v) is 5.66. The molecule has 158 valence electrons. The molecule has 2 aromatic rings. The van der Waals surface area contributed by atoms with Crippen LogP contribution in [0.25, 0.3) is 0 Å². The summed E-state index contributed by atoms with van der Waals surface area (Å²) < 4.78 is 70.7. The highest BCUT2D eigenvalue weighted by Gasteiger charge is 2.41. The fourth-order valence-electron chi connectivity index (χ4n) is 3.26. The van der Waals surface area contributed by atoms with Crippen LogP contribution in [-0.4, -0.2) is 43.1 Å². The number of ether oxygens (including phenoxy) is 1. The van der Waals surface area contributed by atoms with Crippen molar-refractivity contribution in [3.8, 4) is 0 Å². The van der Waals surface area contributed by atoms with Gasteiger partial charge in [0.1, 0.15) is 11.3 Å². The fraction of sp³-hybridized carbons (Fsp3) is 0.444. The van der Waals surface area contributed by atoms with Crippen molar-refractivity contribution in [1.29, 1.82) is 0 Å². The Morgan fingerprint density at radius 1 is 1.38 bits per heavy atom. The molecular formula is C18H20F3N3O4S. The van der Waals surface area contributed by atoms with Gasteiger partial charge in [-0.15, -0.1) is 0 Å². The predicted octanol–water partition coefficient (Wildman–Crippen LogP) is 3.05. The minimum Gasteiger partial charge on any atom is -0.376 e. The summed E-state index contributed by atoms with van der Waals surface area (Å²) >= 11 is 0. The van der Waals surface area contributed by atoms with Crippen molar-refractivity contribution in [2.75, 3.05) is 18.2 Å². The molecule has 1 aliphatic rings. The fourth-order valence-corrected chi connectivity index (χ4v) is 3.93. The van der Waals surface area contributed by atoms with Gasteiger partial charge in [-0.2, -0.15) is 18.3 Å². The molecule has 0 spiro atoms. The van der Waals surface area contributed by atoms with Gasteiger partial charge in [-0.3, -0.25) is 9.48 Å². The number of alkyl halides is 3. The molecule has 1 amide bonds. The first kappa shape index (κ1) is 21.3. The average molecular weight is 431 g/mol. The summed E-state index contributed by atoms with van der Waals surface area (Å²) in [4.78, 5) is 12.7. The number of nitrogens with one attached hydrogen (secondary N) is 1.